The maximum absolute atomic E-state index is 12.2. The number of carbonyl (C=O) groups excluding carboxylic acids is 1. The van der Waals surface area contributed by atoms with Gasteiger partial charge in [-0.1, -0.05) is 18.2 Å². The van der Waals surface area contributed by atoms with Crippen molar-refractivity contribution in [1.29, 1.82) is 0 Å². The van der Waals surface area contributed by atoms with Gasteiger partial charge in [0.2, 0.25) is 0 Å². The van der Waals surface area contributed by atoms with Crippen LogP contribution in [0.5, 0.6) is 0 Å². The average Bonchev–Trinajstić information content (AvgIpc) is 3.44. The molecule has 0 atom stereocenters. The van der Waals surface area contributed by atoms with Crippen LogP contribution in [-0.4, -0.2) is 35.8 Å². The number of primary amides is 1. The number of amides is 1. The fourth-order valence-electron chi connectivity index (χ4n) is 4.88. The Morgan fingerprint density at radius 2 is 1.89 bits per heavy atom. The van der Waals surface area contributed by atoms with E-state index >= 15 is 0 Å². The minimum atomic E-state index is -0.451. The van der Waals surface area contributed by atoms with Crippen LogP contribution in [0.25, 0.3) is 39.0 Å². The Bertz CT molecular complexity index is 1680. The Morgan fingerprint density at radius 3 is 2.58 bits per heavy atom. The normalized spacial score (nSPS) is 13.7. The highest BCUT2D eigenvalue weighted by Gasteiger charge is 2.27. The molecule has 3 aromatic heterocycles. The van der Waals surface area contributed by atoms with Crippen molar-refractivity contribution in [2.24, 2.45) is 12.8 Å². The number of nitrogens with zero attached hydrogens (tertiary/aromatic N) is 5. The van der Waals surface area contributed by atoms with Crippen molar-refractivity contribution in [2.75, 3.05) is 5.32 Å². The number of benzene rings is 2. The van der Waals surface area contributed by atoms with Gasteiger partial charge < -0.3 is 15.6 Å². The summed E-state index contributed by atoms with van der Waals surface area (Å²) in [6.07, 6.45) is 9.91. The van der Waals surface area contributed by atoms with Crippen LogP contribution in [0.2, 0.25) is 0 Å². The fourth-order valence-corrected chi connectivity index (χ4v) is 4.88. The molecule has 8 heteroatoms. The van der Waals surface area contributed by atoms with Gasteiger partial charge in [-0.15, -0.1) is 0 Å². The van der Waals surface area contributed by atoms with E-state index in [2.05, 4.69) is 60.4 Å². The van der Waals surface area contributed by atoms with Gasteiger partial charge in [0.05, 0.1) is 35.0 Å². The molecule has 1 saturated carbocycles. The van der Waals surface area contributed by atoms with Crippen LogP contribution in [0.3, 0.4) is 0 Å². The molecule has 0 saturated heterocycles. The first-order valence-electron chi connectivity index (χ1n) is 12.9. The van der Waals surface area contributed by atoms with Gasteiger partial charge in [-0.2, -0.15) is 5.10 Å². The van der Waals surface area contributed by atoms with Crippen LogP contribution in [0.4, 0.5) is 5.69 Å². The Hall–Kier alpha value is -4.46. The molecule has 2 aromatic carbocycles. The number of para-hydroxylation sites is 1. The SMILES string of the molecule is Cn1cc(-c2cn(-c3cccc4c(-c5ccc(C(N)=O)c(NC(C)(C)C)c5)cc(C5CC5)nc34)cn2)cn1. The monoisotopic (exact) mass is 505 g/mol. The van der Waals surface area contributed by atoms with Crippen molar-refractivity contribution >= 4 is 22.5 Å². The molecule has 1 aliphatic carbocycles. The molecule has 38 heavy (non-hydrogen) atoms. The molecule has 0 bridgehead atoms. The van der Waals surface area contributed by atoms with E-state index in [1.807, 2.05) is 54.7 Å². The molecule has 1 fully saturated rings. The zero-order valence-electron chi connectivity index (χ0n) is 22.1. The lowest BCUT2D eigenvalue weighted by atomic mass is 9.96. The number of carbonyl (C=O) groups is 1. The van der Waals surface area contributed by atoms with Crippen molar-refractivity contribution < 1.29 is 4.79 Å². The van der Waals surface area contributed by atoms with Crippen LogP contribution in [0, 0.1) is 0 Å². The number of imidazole rings is 1. The molecule has 1 amide bonds. The van der Waals surface area contributed by atoms with E-state index in [1.54, 1.807) is 4.68 Å². The molecule has 6 rings (SSSR count). The Balaban J connectivity index is 1.52. The van der Waals surface area contributed by atoms with Gasteiger partial charge in [-0.25, -0.2) is 4.98 Å². The summed E-state index contributed by atoms with van der Waals surface area (Å²) in [6.45, 7) is 6.19. The number of nitrogens with two attached hydrogens (primary N) is 1. The minimum Gasteiger partial charge on any atom is -0.380 e. The van der Waals surface area contributed by atoms with E-state index < -0.39 is 5.91 Å². The summed E-state index contributed by atoms with van der Waals surface area (Å²) in [7, 11) is 1.90. The smallest absolute Gasteiger partial charge is 0.250 e. The summed E-state index contributed by atoms with van der Waals surface area (Å²) < 4.78 is 3.80. The predicted octanol–water partition coefficient (Wildman–Crippen LogP) is 5.67. The zero-order chi connectivity index (χ0) is 26.6. The van der Waals surface area contributed by atoms with Gasteiger partial charge in [0.1, 0.15) is 0 Å². The van der Waals surface area contributed by atoms with Gasteiger partial charge in [-0.3, -0.25) is 14.5 Å². The van der Waals surface area contributed by atoms with E-state index in [-0.39, 0.29) is 5.54 Å². The molecule has 0 aliphatic heterocycles. The van der Waals surface area contributed by atoms with E-state index in [0.29, 0.717) is 11.5 Å². The quantitative estimate of drug-likeness (QED) is 0.309. The third-order valence-corrected chi connectivity index (χ3v) is 6.80. The lowest BCUT2D eigenvalue weighted by molar-refractivity contribution is 0.100. The van der Waals surface area contributed by atoms with Crippen molar-refractivity contribution in [1.82, 2.24) is 24.3 Å². The number of hydrogen-bond donors (Lipinski definition) is 2. The van der Waals surface area contributed by atoms with Crippen molar-refractivity contribution in [2.45, 2.75) is 45.1 Å². The van der Waals surface area contributed by atoms with Crippen LogP contribution in [0.15, 0.2) is 67.4 Å². The first kappa shape index (κ1) is 23.9. The number of aromatic nitrogens is 5. The van der Waals surface area contributed by atoms with E-state index in [9.17, 15) is 4.79 Å². The maximum Gasteiger partial charge on any atom is 0.250 e. The number of pyridine rings is 1. The highest BCUT2D eigenvalue weighted by molar-refractivity contribution is 6.02. The number of fused-ring (bicyclic) bond motifs is 1. The summed E-state index contributed by atoms with van der Waals surface area (Å²) in [5.74, 6) is 0.0189. The Morgan fingerprint density at radius 1 is 1.08 bits per heavy atom. The molecule has 0 spiro atoms. The van der Waals surface area contributed by atoms with E-state index in [4.69, 9.17) is 10.7 Å². The maximum atomic E-state index is 12.2. The highest BCUT2D eigenvalue weighted by atomic mass is 16.1. The number of rotatable bonds is 6. The topological polar surface area (TPSA) is 104 Å². The number of nitrogens with one attached hydrogen (secondary N) is 1. The largest absolute Gasteiger partial charge is 0.380 e. The molecule has 3 N–H and O–H groups in total. The molecule has 3 heterocycles. The number of anilines is 1. The van der Waals surface area contributed by atoms with Gasteiger partial charge in [0, 0.05) is 53.2 Å². The van der Waals surface area contributed by atoms with Gasteiger partial charge in [0.25, 0.3) is 5.91 Å². The lowest BCUT2D eigenvalue weighted by Gasteiger charge is -2.24. The van der Waals surface area contributed by atoms with Gasteiger partial charge in [-0.05, 0) is 69.0 Å². The standard InChI is InChI=1S/C30H31N7O/c1-30(2,3)35-25-12-19(10-11-22(25)29(31)38)23-13-24(18-8-9-18)34-28-21(23)6-5-7-27(28)37-16-26(32-17-37)20-14-33-36(4)15-20/h5-7,10-18,35H,8-9H2,1-4H3,(H2,31,38). The number of aryl methyl sites for hydroxylation is 1. The summed E-state index contributed by atoms with van der Waals surface area (Å²) in [5.41, 5.74) is 13.6. The third kappa shape index (κ3) is 4.53. The fraction of sp³-hybridized carbons (Fsp3) is 0.267. The van der Waals surface area contributed by atoms with E-state index in [1.165, 1.54) is 0 Å². The second kappa shape index (κ2) is 8.83. The molecule has 0 radical (unpaired) electrons. The second-order valence-electron chi connectivity index (χ2n) is 11.1. The van der Waals surface area contributed by atoms with Crippen molar-refractivity contribution in [3.63, 3.8) is 0 Å². The second-order valence-corrected chi connectivity index (χ2v) is 11.1. The third-order valence-electron chi connectivity index (χ3n) is 6.80. The highest BCUT2D eigenvalue weighted by Crippen LogP contribution is 2.43. The van der Waals surface area contributed by atoms with Crippen molar-refractivity contribution in [3.8, 4) is 28.1 Å². The lowest BCUT2D eigenvalue weighted by Crippen LogP contribution is -2.28. The zero-order valence-corrected chi connectivity index (χ0v) is 22.1. The first-order chi connectivity index (χ1) is 18.2. The van der Waals surface area contributed by atoms with E-state index in [0.717, 1.165) is 63.2 Å². The minimum absolute atomic E-state index is 0.233. The van der Waals surface area contributed by atoms with Crippen LogP contribution in [-0.2, 0) is 7.05 Å². The molecule has 192 valence electrons. The summed E-state index contributed by atoms with van der Waals surface area (Å²) in [4.78, 5) is 22.0. The molecular weight excluding hydrogens is 474 g/mol. The summed E-state index contributed by atoms with van der Waals surface area (Å²) in [5, 5.41) is 8.77. The first-order valence-corrected chi connectivity index (χ1v) is 12.9. The number of hydrogen-bond acceptors (Lipinski definition) is 5. The molecular formula is C30H31N7O. The molecule has 8 nitrogen and oxygen atoms in total. The van der Waals surface area contributed by atoms with Crippen LogP contribution in [0.1, 0.15) is 55.6 Å². The predicted molar refractivity (Wildman–Crippen MR) is 150 cm³/mol. The van der Waals surface area contributed by atoms with Gasteiger partial charge in [0.15, 0.2) is 0 Å². The van der Waals surface area contributed by atoms with Crippen LogP contribution < -0.4 is 11.1 Å². The molecule has 1 aliphatic rings. The Labute approximate surface area is 221 Å². The Kier molecular flexibility index (Phi) is 5.56. The van der Waals surface area contributed by atoms with Crippen molar-refractivity contribution in [3.05, 3.63) is 78.6 Å². The van der Waals surface area contributed by atoms with Gasteiger partial charge >= 0.3 is 0 Å². The molecule has 0 unspecified atom stereocenters. The average molecular weight is 506 g/mol. The van der Waals surface area contributed by atoms with Crippen LogP contribution >= 0.6 is 0 Å². The summed E-state index contributed by atoms with van der Waals surface area (Å²) in [6, 6.07) is 14.3. The summed E-state index contributed by atoms with van der Waals surface area (Å²) >= 11 is 0. The molecule has 5 aromatic rings.